The number of aromatic amines is 1. The molecule has 2 heterocycles. The molecule has 136 valence electrons. The van der Waals surface area contributed by atoms with Crippen molar-refractivity contribution in [3.63, 3.8) is 0 Å². The van der Waals surface area contributed by atoms with Crippen molar-refractivity contribution in [2.45, 2.75) is 13.3 Å². The molecule has 7 nitrogen and oxygen atoms in total. The van der Waals surface area contributed by atoms with Crippen molar-refractivity contribution >= 4 is 17.6 Å². The molecule has 1 amide bonds. The Hall–Kier alpha value is -3.61. The molecule has 1 aliphatic heterocycles. The van der Waals surface area contributed by atoms with Crippen LogP contribution >= 0.6 is 0 Å². The van der Waals surface area contributed by atoms with E-state index >= 15 is 0 Å². The minimum atomic E-state index is -1.02. The standard InChI is InChI=1S/C20H17N3O4/c1-12-7-8-14(11-15(12)19(25)26)27-20-21-16-9-10-23(18(24)17(16)22-20)13-5-3-2-4-6-13/h2-8,11H,9-10H2,1H3,(H,21,22)(H,25,26). The van der Waals surface area contributed by atoms with E-state index in [0.29, 0.717) is 35.7 Å². The number of para-hydroxylation sites is 1. The Morgan fingerprint density at radius 2 is 2.00 bits per heavy atom. The third-order valence-corrected chi connectivity index (χ3v) is 4.51. The zero-order valence-corrected chi connectivity index (χ0v) is 14.6. The van der Waals surface area contributed by atoms with Crippen molar-refractivity contribution < 1.29 is 19.4 Å². The number of amides is 1. The number of rotatable bonds is 4. The van der Waals surface area contributed by atoms with E-state index in [2.05, 4.69) is 9.97 Å². The van der Waals surface area contributed by atoms with Gasteiger partial charge in [-0.1, -0.05) is 24.3 Å². The predicted molar refractivity (Wildman–Crippen MR) is 98.6 cm³/mol. The number of imidazole rings is 1. The van der Waals surface area contributed by atoms with Gasteiger partial charge in [-0.2, -0.15) is 4.98 Å². The van der Waals surface area contributed by atoms with Crippen LogP contribution in [0, 0.1) is 6.92 Å². The summed E-state index contributed by atoms with van der Waals surface area (Å²) >= 11 is 0. The maximum atomic E-state index is 12.8. The maximum absolute atomic E-state index is 12.8. The summed E-state index contributed by atoms with van der Waals surface area (Å²) in [7, 11) is 0. The zero-order valence-electron chi connectivity index (χ0n) is 14.6. The van der Waals surface area contributed by atoms with E-state index in [1.54, 1.807) is 24.0 Å². The molecule has 0 aliphatic carbocycles. The van der Waals surface area contributed by atoms with E-state index in [4.69, 9.17) is 4.74 Å². The van der Waals surface area contributed by atoms with Gasteiger partial charge < -0.3 is 19.7 Å². The number of H-pyrrole nitrogens is 1. The maximum Gasteiger partial charge on any atom is 0.336 e. The van der Waals surface area contributed by atoms with E-state index in [9.17, 15) is 14.7 Å². The Labute approximate surface area is 155 Å². The Kier molecular flexibility index (Phi) is 4.12. The number of aromatic nitrogens is 2. The molecule has 1 aromatic heterocycles. The van der Waals surface area contributed by atoms with Crippen molar-refractivity contribution in [1.82, 2.24) is 9.97 Å². The van der Waals surface area contributed by atoms with Crippen LogP contribution in [0.1, 0.15) is 32.1 Å². The SMILES string of the molecule is Cc1ccc(Oc2nc3c([nH]2)CCN(c2ccccc2)C3=O)cc1C(=O)O. The Morgan fingerprint density at radius 3 is 2.74 bits per heavy atom. The summed E-state index contributed by atoms with van der Waals surface area (Å²) in [6, 6.07) is 14.4. The first-order valence-electron chi connectivity index (χ1n) is 8.50. The van der Waals surface area contributed by atoms with E-state index in [1.165, 1.54) is 6.07 Å². The highest BCUT2D eigenvalue weighted by Crippen LogP contribution is 2.27. The molecule has 0 bridgehead atoms. The van der Waals surface area contributed by atoms with Crippen LogP contribution in [0.25, 0.3) is 0 Å². The lowest BCUT2D eigenvalue weighted by Crippen LogP contribution is -2.37. The largest absolute Gasteiger partial charge is 0.478 e. The van der Waals surface area contributed by atoms with Gasteiger partial charge in [-0.3, -0.25) is 4.79 Å². The topological polar surface area (TPSA) is 95.5 Å². The van der Waals surface area contributed by atoms with Gasteiger partial charge in [0, 0.05) is 18.7 Å². The number of aryl methyl sites for hydroxylation is 1. The molecule has 2 N–H and O–H groups in total. The lowest BCUT2D eigenvalue weighted by atomic mass is 10.1. The molecule has 3 aromatic rings. The average Bonchev–Trinajstić information content (AvgIpc) is 3.07. The summed E-state index contributed by atoms with van der Waals surface area (Å²) in [6.45, 7) is 2.26. The first-order valence-corrected chi connectivity index (χ1v) is 8.50. The van der Waals surface area contributed by atoms with Gasteiger partial charge in [0.15, 0.2) is 5.69 Å². The summed E-state index contributed by atoms with van der Waals surface area (Å²) in [6.07, 6.45) is 0.626. The Morgan fingerprint density at radius 1 is 1.22 bits per heavy atom. The highest BCUT2D eigenvalue weighted by Gasteiger charge is 2.29. The quantitative estimate of drug-likeness (QED) is 0.741. The highest BCUT2D eigenvalue weighted by atomic mass is 16.5. The van der Waals surface area contributed by atoms with Crippen molar-refractivity contribution in [3.05, 3.63) is 71.0 Å². The molecule has 0 unspecified atom stereocenters. The minimum Gasteiger partial charge on any atom is -0.478 e. The van der Waals surface area contributed by atoms with Gasteiger partial charge in [-0.15, -0.1) is 0 Å². The normalized spacial score (nSPS) is 13.4. The fraction of sp³-hybridized carbons (Fsp3) is 0.150. The molecular formula is C20H17N3O4. The van der Waals surface area contributed by atoms with Gasteiger partial charge >= 0.3 is 5.97 Å². The van der Waals surface area contributed by atoms with Gasteiger partial charge in [0.05, 0.1) is 11.3 Å². The number of aromatic carboxylic acids is 1. The van der Waals surface area contributed by atoms with Crippen molar-refractivity contribution in [3.8, 4) is 11.8 Å². The van der Waals surface area contributed by atoms with Gasteiger partial charge in [0.2, 0.25) is 0 Å². The molecular weight excluding hydrogens is 346 g/mol. The Bertz CT molecular complexity index is 1030. The number of fused-ring (bicyclic) bond motifs is 1. The van der Waals surface area contributed by atoms with Gasteiger partial charge in [0.1, 0.15) is 5.75 Å². The highest BCUT2D eigenvalue weighted by molar-refractivity contribution is 6.06. The summed E-state index contributed by atoms with van der Waals surface area (Å²) < 4.78 is 5.67. The number of hydrogen-bond donors (Lipinski definition) is 2. The third-order valence-electron chi connectivity index (χ3n) is 4.51. The second kappa shape index (κ2) is 6.60. The number of nitrogens with zero attached hydrogens (tertiary/aromatic N) is 2. The molecule has 0 fully saturated rings. The fourth-order valence-corrected chi connectivity index (χ4v) is 3.11. The van der Waals surface area contributed by atoms with Gasteiger partial charge in [-0.25, -0.2) is 4.79 Å². The number of carboxylic acids is 1. The van der Waals surface area contributed by atoms with Gasteiger partial charge in [0.25, 0.3) is 11.9 Å². The monoisotopic (exact) mass is 363 g/mol. The molecule has 0 atom stereocenters. The van der Waals surface area contributed by atoms with Crippen LogP contribution in [0.3, 0.4) is 0 Å². The van der Waals surface area contributed by atoms with Crippen LogP contribution in [-0.4, -0.2) is 33.5 Å². The molecule has 0 radical (unpaired) electrons. The predicted octanol–water partition coefficient (Wildman–Crippen LogP) is 3.41. The first kappa shape index (κ1) is 16.8. The molecule has 27 heavy (non-hydrogen) atoms. The van der Waals surface area contributed by atoms with Crippen LogP contribution in [0.15, 0.2) is 48.5 Å². The van der Waals surface area contributed by atoms with Crippen LogP contribution < -0.4 is 9.64 Å². The fourth-order valence-electron chi connectivity index (χ4n) is 3.11. The first-order chi connectivity index (χ1) is 13.0. The van der Waals surface area contributed by atoms with E-state index in [1.807, 2.05) is 30.3 Å². The number of nitrogens with one attached hydrogen (secondary N) is 1. The van der Waals surface area contributed by atoms with Crippen molar-refractivity contribution in [1.29, 1.82) is 0 Å². The van der Waals surface area contributed by atoms with Crippen LogP contribution in [-0.2, 0) is 6.42 Å². The molecule has 0 saturated carbocycles. The van der Waals surface area contributed by atoms with E-state index < -0.39 is 5.97 Å². The molecule has 4 rings (SSSR count). The second-order valence-corrected chi connectivity index (χ2v) is 6.30. The molecule has 2 aromatic carbocycles. The number of benzene rings is 2. The number of carboxylic acid groups (broad SMARTS) is 1. The lowest BCUT2D eigenvalue weighted by Gasteiger charge is -2.25. The third kappa shape index (κ3) is 3.15. The number of anilines is 1. The Balaban J connectivity index is 1.60. The minimum absolute atomic E-state index is 0.162. The van der Waals surface area contributed by atoms with Crippen LogP contribution in [0.4, 0.5) is 5.69 Å². The van der Waals surface area contributed by atoms with Gasteiger partial charge in [-0.05, 0) is 36.8 Å². The zero-order chi connectivity index (χ0) is 19.0. The smallest absolute Gasteiger partial charge is 0.336 e. The van der Waals surface area contributed by atoms with Crippen molar-refractivity contribution in [2.75, 3.05) is 11.4 Å². The summed E-state index contributed by atoms with van der Waals surface area (Å²) in [4.78, 5) is 33.0. The number of hydrogen-bond acceptors (Lipinski definition) is 4. The second-order valence-electron chi connectivity index (χ2n) is 6.30. The summed E-state index contributed by atoms with van der Waals surface area (Å²) in [5.74, 6) is -0.870. The van der Waals surface area contributed by atoms with E-state index in [0.717, 1.165) is 5.69 Å². The molecule has 7 heteroatoms. The molecule has 1 aliphatic rings. The van der Waals surface area contributed by atoms with Crippen molar-refractivity contribution in [2.24, 2.45) is 0 Å². The number of ether oxygens (including phenoxy) is 1. The average molecular weight is 363 g/mol. The van der Waals surface area contributed by atoms with E-state index in [-0.39, 0.29) is 17.5 Å². The summed E-state index contributed by atoms with van der Waals surface area (Å²) in [5, 5.41) is 9.23. The summed E-state index contributed by atoms with van der Waals surface area (Å²) in [5.41, 5.74) is 2.67. The molecule has 0 spiro atoms. The van der Waals surface area contributed by atoms with Crippen LogP contribution in [0.2, 0.25) is 0 Å². The van der Waals surface area contributed by atoms with Crippen LogP contribution in [0.5, 0.6) is 11.8 Å². The number of carbonyl (C=O) groups is 2. The lowest BCUT2D eigenvalue weighted by molar-refractivity contribution is 0.0695. The molecule has 0 saturated heterocycles. The number of carbonyl (C=O) groups excluding carboxylic acids is 1.